The number of benzene rings is 2. The minimum absolute atomic E-state index is 0. The number of aromatic nitrogens is 2. The van der Waals surface area contributed by atoms with Gasteiger partial charge in [-0.05, 0) is 68.8 Å². The Hall–Kier alpha value is -1.50. The molecule has 162 valence electrons. The van der Waals surface area contributed by atoms with Crippen LogP contribution in [-0.2, 0) is 13.2 Å². The zero-order valence-corrected chi connectivity index (χ0v) is 19.3. The average molecular weight is 463 g/mol. The first kappa shape index (κ1) is 27.5. The zero-order chi connectivity index (χ0) is 18.5. The average Bonchev–Trinajstić information content (AvgIpc) is 2.99. The Bertz CT molecular complexity index is 869. The second-order valence-electron chi connectivity index (χ2n) is 6.82. The number of hydrogen-bond acceptors (Lipinski definition) is 3. The summed E-state index contributed by atoms with van der Waals surface area (Å²) in [6.45, 7) is 6.76. The molecule has 0 aliphatic heterocycles. The van der Waals surface area contributed by atoms with E-state index in [1.807, 2.05) is 31.3 Å². The lowest BCUT2D eigenvalue weighted by Gasteiger charge is -2.14. The number of hydrogen-bond donors (Lipinski definition) is 1. The van der Waals surface area contributed by atoms with Gasteiger partial charge in [0.2, 0.25) is 0 Å². The standard InChI is InChI=1S/C21H26ClN3O.2ClH.H2O/c1-15(13-23-3)11-12-25-19-6-4-5-16(2)21(19)24-20(25)14-26-18-9-7-17(22)8-10-18;;;/h4-10,15,23H,11-14H2,1-3H3;2*1H;1H2. The maximum absolute atomic E-state index is 5.96. The third-order valence-electron chi connectivity index (χ3n) is 4.64. The highest BCUT2D eigenvalue weighted by Crippen LogP contribution is 2.23. The minimum Gasteiger partial charge on any atom is -0.486 e. The second-order valence-corrected chi connectivity index (χ2v) is 7.25. The normalized spacial score (nSPS) is 11.2. The van der Waals surface area contributed by atoms with Crippen LogP contribution in [-0.4, -0.2) is 28.6 Å². The van der Waals surface area contributed by atoms with Crippen LogP contribution >= 0.6 is 36.4 Å². The molecule has 0 saturated heterocycles. The Morgan fingerprint density at radius 1 is 1.14 bits per heavy atom. The summed E-state index contributed by atoms with van der Waals surface area (Å²) in [5.74, 6) is 2.36. The van der Waals surface area contributed by atoms with Crippen LogP contribution in [0.4, 0.5) is 0 Å². The van der Waals surface area contributed by atoms with Gasteiger partial charge in [0.1, 0.15) is 18.2 Å². The van der Waals surface area contributed by atoms with Crippen molar-refractivity contribution >= 4 is 47.4 Å². The number of fused-ring (bicyclic) bond motifs is 1. The topological polar surface area (TPSA) is 70.6 Å². The smallest absolute Gasteiger partial charge is 0.148 e. The Labute approximate surface area is 189 Å². The Kier molecular flexibility index (Phi) is 12.3. The van der Waals surface area contributed by atoms with Crippen LogP contribution in [0.2, 0.25) is 5.02 Å². The van der Waals surface area contributed by atoms with Crippen molar-refractivity contribution in [2.75, 3.05) is 13.6 Å². The number of imidazole rings is 1. The van der Waals surface area contributed by atoms with E-state index in [0.717, 1.165) is 36.6 Å². The van der Waals surface area contributed by atoms with Crippen LogP contribution in [0.1, 0.15) is 24.7 Å². The molecule has 0 amide bonds. The van der Waals surface area contributed by atoms with Crippen LogP contribution in [0.15, 0.2) is 42.5 Å². The van der Waals surface area contributed by atoms with Crippen molar-refractivity contribution < 1.29 is 10.2 Å². The first-order valence-corrected chi connectivity index (χ1v) is 9.44. The van der Waals surface area contributed by atoms with Crippen LogP contribution in [0.5, 0.6) is 5.75 Å². The lowest BCUT2D eigenvalue weighted by atomic mass is 10.1. The number of para-hydroxylation sites is 1. The van der Waals surface area contributed by atoms with E-state index in [-0.39, 0.29) is 30.3 Å². The van der Waals surface area contributed by atoms with Crippen molar-refractivity contribution in [1.29, 1.82) is 0 Å². The molecule has 29 heavy (non-hydrogen) atoms. The number of aryl methyl sites for hydroxylation is 2. The van der Waals surface area contributed by atoms with E-state index in [1.54, 1.807) is 0 Å². The fourth-order valence-corrected chi connectivity index (χ4v) is 3.30. The highest BCUT2D eigenvalue weighted by Gasteiger charge is 2.14. The first-order chi connectivity index (χ1) is 12.6. The van der Waals surface area contributed by atoms with Gasteiger partial charge in [0.25, 0.3) is 0 Å². The lowest BCUT2D eigenvalue weighted by molar-refractivity contribution is 0.288. The van der Waals surface area contributed by atoms with Crippen molar-refractivity contribution in [2.45, 2.75) is 33.4 Å². The highest BCUT2D eigenvalue weighted by atomic mass is 35.5. The van der Waals surface area contributed by atoms with Gasteiger partial charge < -0.3 is 20.1 Å². The summed E-state index contributed by atoms with van der Waals surface area (Å²) in [7, 11) is 2.00. The van der Waals surface area contributed by atoms with Gasteiger partial charge in [0.05, 0.1) is 11.0 Å². The van der Waals surface area contributed by atoms with Crippen LogP contribution in [0, 0.1) is 12.8 Å². The van der Waals surface area contributed by atoms with Crippen molar-refractivity contribution in [1.82, 2.24) is 14.9 Å². The summed E-state index contributed by atoms with van der Waals surface area (Å²) in [6, 6.07) is 13.8. The summed E-state index contributed by atoms with van der Waals surface area (Å²) < 4.78 is 8.25. The van der Waals surface area contributed by atoms with Crippen LogP contribution in [0.3, 0.4) is 0 Å². The third kappa shape index (κ3) is 7.05. The third-order valence-corrected chi connectivity index (χ3v) is 4.89. The second kappa shape index (κ2) is 12.9. The maximum atomic E-state index is 5.96. The fourth-order valence-electron chi connectivity index (χ4n) is 3.17. The zero-order valence-electron chi connectivity index (χ0n) is 16.9. The van der Waals surface area contributed by atoms with Gasteiger partial charge in [-0.3, -0.25) is 0 Å². The molecular weight excluding hydrogens is 433 g/mol. The highest BCUT2D eigenvalue weighted by molar-refractivity contribution is 6.30. The molecule has 0 fully saturated rings. The number of nitrogens with one attached hydrogen (secondary N) is 1. The molecule has 5 nitrogen and oxygen atoms in total. The van der Waals surface area contributed by atoms with Gasteiger partial charge in [-0.1, -0.05) is 30.7 Å². The summed E-state index contributed by atoms with van der Waals surface area (Å²) in [5, 5.41) is 3.96. The number of nitrogens with zero attached hydrogens (tertiary/aromatic N) is 2. The Balaban J connectivity index is 0.00000261. The summed E-state index contributed by atoms with van der Waals surface area (Å²) in [4.78, 5) is 4.87. The van der Waals surface area contributed by atoms with Crippen molar-refractivity contribution in [3.8, 4) is 5.75 Å². The minimum atomic E-state index is 0. The number of halogens is 3. The van der Waals surface area contributed by atoms with Crippen molar-refractivity contribution in [3.05, 3.63) is 58.9 Å². The molecular formula is C21H30Cl3N3O2. The van der Waals surface area contributed by atoms with Gasteiger partial charge in [-0.2, -0.15) is 0 Å². The monoisotopic (exact) mass is 461 g/mol. The number of ether oxygens (including phenoxy) is 1. The first-order valence-electron chi connectivity index (χ1n) is 9.06. The van der Waals surface area contributed by atoms with Crippen molar-refractivity contribution in [3.63, 3.8) is 0 Å². The fraction of sp³-hybridized carbons (Fsp3) is 0.381. The van der Waals surface area contributed by atoms with Gasteiger partial charge >= 0.3 is 0 Å². The van der Waals surface area contributed by atoms with E-state index in [0.29, 0.717) is 17.5 Å². The Morgan fingerprint density at radius 3 is 2.48 bits per heavy atom. The van der Waals surface area contributed by atoms with E-state index in [9.17, 15) is 0 Å². The molecule has 2 aromatic carbocycles. The molecule has 0 spiro atoms. The molecule has 0 saturated carbocycles. The Morgan fingerprint density at radius 2 is 1.83 bits per heavy atom. The quantitative estimate of drug-likeness (QED) is 0.520. The predicted molar refractivity (Wildman–Crippen MR) is 126 cm³/mol. The SMILES string of the molecule is CNCC(C)CCn1c(COc2ccc(Cl)cc2)nc2c(C)cccc21.Cl.Cl.O. The van der Waals surface area contributed by atoms with Gasteiger partial charge in [-0.15, -0.1) is 24.8 Å². The molecule has 0 aliphatic carbocycles. The largest absolute Gasteiger partial charge is 0.486 e. The van der Waals surface area contributed by atoms with Gasteiger partial charge in [-0.25, -0.2) is 4.98 Å². The van der Waals surface area contributed by atoms with Gasteiger partial charge in [0, 0.05) is 11.6 Å². The summed E-state index contributed by atoms with van der Waals surface area (Å²) in [6.07, 6.45) is 1.09. The molecule has 3 rings (SSSR count). The molecule has 0 radical (unpaired) electrons. The number of rotatable bonds is 8. The van der Waals surface area contributed by atoms with E-state index >= 15 is 0 Å². The summed E-state index contributed by atoms with van der Waals surface area (Å²) >= 11 is 5.94. The molecule has 1 heterocycles. The van der Waals surface area contributed by atoms with E-state index in [1.165, 1.54) is 11.1 Å². The van der Waals surface area contributed by atoms with E-state index < -0.39 is 0 Å². The molecule has 1 unspecified atom stereocenters. The molecule has 1 aromatic heterocycles. The molecule has 0 bridgehead atoms. The maximum Gasteiger partial charge on any atom is 0.148 e. The van der Waals surface area contributed by atoms with Crippen LogP contribution in [0.25, 0.3) is 11.0 Å². The predicted octanol–water partition coefficient (Wildman–Crippen LogP) is 4.84. The molecule has 1 atom stereocenters. The summed E-state index contributed by atoms with van der Waals surface area (Å²) in [5.41, 5.74) is 3.43. The van der Waals surface area contributed by atoms with E-state index in [4.69, 9.17) is 21.3 Å². The molecule has 0 aliphatic rings. The van der Waals surface area contributed by atoms with Gasteiger partial charge in [0.15, 0.2) is 0 Å². The molecule has 3 aromatic rings. The molecule has 3 N–H and O–H groups in total. The lowest BCUT2D eigenvalue weighted by Crippen LogP contribution is -2.18. The van der Waals surface area contributed by atoms with E-state index in [2.05, 4.69) is 41.9 Å². The van der Waals surface area contributed by atoms with Crippen molar-refractivity contribution in [2.24, 2.45) is 5.92 Å². The molecule has 8 heteroatoms. The van der Waals surface area contributed by atoms with Crippen LogP contribution < -0.4 is 10.1 Å².